The highest BCUT2D eigenvalue weighted by Gasteiger charge is 2.37. The first-order valence-electron chi connectivity index (χ1n) is 46.8. The number of nitrogens with zero attached hydrogens (tertiary/aromatic N) is 4. The fourth-order valence-corrected chi connectivity index (χ4v) is 17.5. The van der Waals surface area contributed by atoms with Crippen molar-refractivity contribution in [2.75, 3.05) is 75.0 Å². The number of carboxylic acid groups (broad SMARTS) is 1. The molecular weight excluding hydrogens is 1820 g/mol. The molecule has 0 saturated heterocycles. The maximum atomic E-state index is 12.6. The average Bonchev–Trinajstić information content (AvgIpc) is 1.73. The Bertz CT molecular complexity index is 4720. The van der Waals surface area contributed by atoms with Crippen molar-refractivity contribution in [3.8, 4) is 0 Å². The number of aromatic carboxylic acids is 1. The molecule has 5 aromatic heterocycles. The number of amides is 3. The Hall–Kier alpha value is -9.13. The molecule has 9 fully saturated rings. The largest absolute Gasteiger partial charge is 0.477 e. The SMILES string of the molecule is CC(C)(C)OC(=O)N[C@@H]1CCC[C@H]1O.COC(=O)c1cccn([C@@H]2CCC[C@H]2OC)c1=O.COC(=O)c1cccoc1=O.CO[C@@H]1CCC[C@H]1N.CO[C@@H]1CCC[C@H]1N.CO[C@@H]1CCC[C@H]1NC(=O)OC(C)(C)C.CO[C@@H]1CCC[C@H]1n1cccc(C(=O)O)c1=O.CO[C@@H]1CCC[C@H]1n1cccc(N)c1=O.CO[C@@H]1CCC[C@H]1n1cccc(NC(=O)OC(C)(C)C)c1=O.Cl.Cl.N[C@@H]1CCC[C@H]1O. The molecule has 0 bridgehead atoms. The molecule has 5 aromatic rings. The zero-order chi connectivity index (χ0) is 100. The van der Waals surface area contributed by atoms with Gasteiger partial charge in [0.2, 0.25) is 0 Å². The smallest absolute Gasteiger partial charge is 0.412 e. The third-order valence-electron chi connectivity index (χ3n) is 24.4. The Morgan fingerprint density at radius 2 is 0.686 bits per heavy atom. The first-order chi connectivity index (χ1) is 63.9. The lowest BCUT2D eigenvalue weighted by molar-refractivity contribution is 0.0390. The summed E-state index contributed by atoms with van der Waals surface area (Å²) < 4.78 is 72.2. The van der Waals surface area contributed by atoms with Crippen LogP contribution in [0.4, 0.5) is 25.8 Å². The van der Waals surface area contributed by atoms with E-state index in [0.717, 1.165) is 161 Å². The molecule has 3 amide bonds. The molecule has 18 atom stereocenters. The normalized spacial score (nSPS) is 25.3. The van der Waals surface area contributed by atoms with E-state index in [9.17, 15) is 57.8 Å². The Balaban J connectivity index is 0.000000397. The van der Waals surface area contributed by atoms with Crippen molar-refractivity contribution in [2.45, 2.75) is 362 Å². The van der Waals surface area contributed by atoms with Crippen LogP contribution in [-0.2, 0) is 56.8 Å². The maximum absolute atomic E-state index is 12.6. The van der Waals surface area contributed by atoms with Crippen LogP contribution in [-0.4, -0.2) is 236 Å². The highest BCUT2D eigenvalue weighted by Crippen LogP contribution is 2.35. The fourth-order valence-electron chi connectivity index (χ4n) is 17.5. The Morgan fingerprint density at radius 1 is 0.365 bits per heavy atom. The minimum Gasteiger partial charge on any atom is -0.477 e. The molecule has 9 aliphatic carbocycles. The Morgan fingerprint density at radius 3 is 1.04 bits per heavy atom. The van der Waals surface area contributed by atoms with Crippen LogP contribution in [0, 0.1) is 0 Å². The van der Waals surface area contributed by atoms with E-state index < -0.39 is 64.2 Å². The number of pyridine rings is 4. The molecule has 5 heterocycles. The van der Waals surface area contributed by atoms with E-state index in [4.69, 9.17) is 80.5 Å². The number of hydrogen-bond acceptors (Lipinski definition) is 30. The van der Waals surface area contributed by atoms with E-state index in [2.05, 4.69) is 29.8 Å². The third kappa shape index (κ3) is 40.6. The van der Waals surface area contributed by atoms with Crippen LogP contribution in [0.15, 0.2) is 120 Å². The molecule has 776 valence electrons. The second-order valence-electron chi connectivity index (χ2n) is 37.5. The summed E-state index contributed by atoms with van der Waals surface area (Å²) in [4.78, 5) is 127. The van der Waals surface area contributed by atoms with Gasteiger partial charge in [0.15, 0.2) is 0 Å². The number of nitrogen functional groups attached to an aromatic ring is 1. The molecule has 14 rings (SSSR count). The standard InChI is InChI=1S/C16H24N2O4.C13H17NO4.C12H15NO4.C11H16N2O2.C11H21NO3.C10H19NO3.C7H6O4.2C6H13NO.C5H11NO.2ClH/c1-16(2,3)22-15(20)17-11-7-6-10-18(14(11)19)12-8-5-9-13(12)21-4;1-17-11-7-3-6-10(11)14-8-4-5-9(12(14)15)13(16)18-2;1-17-10-6-2-5-9(10)13-7-3-4-8(11(13)14)12(15)16;1-15-10-6-2-5-9(10)13-7-3-4-8(12)11(13)14;1-11(2,3)15-10(13)12-8-6-5-7-9(8)14-4;1-10(2,3)14-9(13)11-7-5-4-6-8(7)12;1-10-6(8)5-3-2-4-11-7(5)9;2*1-8-6-4-2-3-5(6)7;6-4-2-1-3-5(4)7;;/h6-7,10,12-13H,5,8-9H2,1-4H3,(H,17,20);4-5,8,10-11H,3,6-7H2,1-2H3;3-4,7,9-10H,2,5-6H2,1H3,(H,15,16);3-4,7,9-10H,2,5-6,12H2,1H3;8-9H,5-7H2,1-4H3,(H,12,13);7-8,12H,4-6H2,1-3H3,(H,11,13);2-4H,1H3;2*5-6H,2-4,7H2,1H3;4-5,7H,1-3,6H2;2*1H/t12-,13-;10-,11-;2*9-,10-;8-,9-;7-,8-;;2*5-,6-;4-,5-;;/m111111.111../s1. The van der Waals surface area contributed by atoms with Crippen LogP contribution < -0.4 is 66.7 Å². The lowest BCUT2D eigenvalue weighted by Gasteiger charge is -2.24. The van der Waals surface area contributed by atoms with Gasteiger partial charge in [0, 0.05) is 92.7 Å². The molecule has 0 radical (unpaired) electrons. The number of nitrogens with two attached hydrogens (primary N) is 4. The number of alkyl carbamates (subject to hydrolysis) is 2. The number of aliphatic hydroxyl groups is 2. The zero-order valence-corrected chi connectivity index (χ0v) is 84.8. The molecule has 9 aliphatic rings. The first kappa shape index (κ1) is 122. The lowest BCUT2D eigenvalue weighted by atomic mass is 10.2. The van der Waals surface area contributed by atoms with E-state index in [0.29, 0.717) is 30.0 Å². The van der Waals surface area contributed by atoms with Gasteiger partial charge in [0.1, 0.15) is 39.2 Å². The summed E-state index contributed by atoms with van der Waals surface area (Å²) >= 11 is 0. The second kappa shape index (κ2) is 61.4. The summed E-state index contributed by atoms with van der Waals surface area (Å²) in [6.45, 7) is 16.3. The number of ether oxygens (including phenoxy) is 12. The number of nitrogens with one attached hydrogen (secondary N) is 3. The summed E-state index contributed by atoms with van der Waals surface area (Å²) in [6.07, 6.45) is 34.3. The molecule has 9 saturated carbocycles. The van der Waals surface area contributed by atoms with Crippen LogP contribution in [0.5, 0.6) is 0 Å². The van der Waals surface area contributed by atoms with E-state index in [1.165, 1.54) is 62.2 Å². The van der Waals surface area contributed by atoms with Gasteiger partial charge in [-0.3, -0.25) is 24.5 Å². The predicted octanol–water partition coefficient (Wildman–Crippen LogP) is 12.4. The van der Waals surface area contributed by atoms with Gasteiger partial charge in [-0.15, -0.1) is 24.8 Å². The molecular formula is C97H157Cl2N11O27. The summed E-state index contributed by atoms with van der Waals surface area (Å²) in [6, 6.07) is 16.4. The number of methoxy groups -OCH3 is 9. The fraction of sp³-hybridized carbons (Fsp3) is 0.680. The summed E-state index contributed by atoms with van der Waals surface area (Å²) in [5, 5.41) is 35.3. The van der Waals surface area contributed by atoms with Gasteiger partial charge >= 0.3 is 41.8 Å². The number of hydrogen-bond donors (Lipinski definition) is 10. The first-order valence-corrected chi connectivity index (χ1v) is 46.8. The lowest BCUT2D eigenvalue weighted by Crippen LogP contribution is -2.43. The van der Waals surface area contributed by atoms with E-state index in [-0.39, 0.29) is 149 Å². The van der Waals surface area contributed by atoms with Gasteiger partial charge in [0.25, 0.3) is 22.2 Å². The summed E-state index contributed by atoms with van der Waals surface area (Å²) in [5.41, 5.74) is 19.4. The summed E-state index contributed by atoms with van der Waals surface area (Å²) in [5.74, 6) is -2.46. The average molecular weight is 1980 g/mol. The topological polar surface area (TPSA) is 532 Å². The van der Waals surface area contributed by atoms with E-state index in [1.807, 2.05) is 47.6 Å². The van der Waals surface area contributed by atoms with E-state index in [1.54, 1.807) is 139 Å². The van der Waals surface area contributed by atoms with Gasteiger partial charge < -0.3 is 128 Å². The Kier molecular flexibility index (Phi) is 54.7. The molecule has 14 N–H and O–H groups in total. The van der Waals surface area contributed by atoms with Gasteiger partial charge in [-0.25, -0.2) is 33.6 Å². The van der Waals surface area contributed by atoms with Gasteiger partial charge in [-0.05, 0) is 296 Å². The quantitative estimate of drug-likeness (QED) is 0.0305. The van der Waals surface area contributed by atoms with Crippen molar-refractivity contribution in [2.24, 2.45) is 17.2 Å². The summed E-state index contributed by atoms with van der Waals surface area (Å²) in [7, 11) is 14.2. The van der Waals surface area contributed by atoms with Crippen LogP contribution in [0.25, 0.3) is 0 Å². The predicted molar refractivity (Wildman–Crippen MR) is 525 cm³/mol. The number of halogens is 2. The monoisotopic (exact) mass is 1980 g/mol. The Labute approximate surface area is 816 Å². The third-order valence-corrected chi connectivity index (χ3v) is 24.4. The molecule has 0 aliphatic heterocycles. The number of esters is 2. The highest BCUT2D eigenvalue weighted by atomic mass is 35.5. The maximum Gasteiger partial charge on any atom is 0.412 e. The molecule has 0 aromatic carbocycles. The number of carboxylic acids is 1. The van der Waals surface area contributed by atoms with Crippen molar-refractivity contribution < 1.29 is 105 Å². The zero-order valence-electron chi connectivity index (χ0n) is 83.2. The van der Waals surface area contributed by atoms with Gasteiger partial charge in [-0.2, -0.15) is 0 Å². The minimum absolute atomic E-state index is 0. The van der Waals surface area contributed by atoms with Crippen LogP contribution in [0.2, 0.25) is 0 Å². The van der Waals surface area contributed by atoms with Crippen molar-refractivity contribution in [1.82, 2.24) is 28.9 Å². The van der Waals surface area contributed by atoms with Gasteiger partial charge in [0.05, 0.1) is 117 Å². The molecule has 40 heteroatoms. The van der Waals surface area contributed by atoms with Crippen molar-refractivity contribution in [3.63, 3.8) is 0 Å². The number of carbonyl (C=O) groups excluding carboxylic acids is 5. The molecule has 38 nitrogen and oxygen atoms in total. The highest BCUT2D eigenvalue weighted by molar-refractivity contribution is 5.89. The number of carbonyl (C=O) groups is 6. The molecule has 0 spiro atoms. The van der Waals surface area contributed by atoms with E-state index >= 15 is 0 Å². The van der Waals surface area contributed by atoms with Crippen molar-refractivity contribution in [1.29, 1.82) is 0 Å². The number of aliphatic hydroxyl groups excluding tert-OH is 2. The van der Waals surface area contributed by atoms with Gasteiger partial charge in [-0.1, -0.05) is 0 Å². The molecule has 137 heavy (non-hydrogen) atoms. The van der Waals surface area contributed by atoms with Crippen molar-refractivity contribution >= 4 is 72.4 Å². The van der Waals surface area contributed by atoms with Crippen LogP contribution in [0.3, 0.4) is 0 Å². The number of anilines is 2. The molecule has 0 unspecified atom stereocenters. The van der Waals surface area contributed by atoms with Crippen LogP contribution in [0.1, 0.15) is 291 Å². The second-order valence-corrected chi connectivity index (χ2v) is 37.5. The van der Waals surface area contributed by atoms with Crippen LogP contribution >= 0.6 is 24.8 Å². The minimum atomic E-state index is -1.18. The van der Waals surface area contributed by atoms with Crippen molar-refractivity contribution in [3.05, 3.63) is 160 Å². The number of rotatable bonds is 17. The number of aromatic nitrogens is 4.